The summed E-state index contributed by atoms with van der Waals surface area (Å²) < 4.78 is 2.23. The summed E-state index contributed by atoms with van der Waals surface area (Å²) in [6.07, 6.45) is 5.19. The molecule has 1 aliphatic rings. The number of rotatable bonds is 3. The molecule has 3 nitrogen and oxygen atoms in total. The molecule has 21 heavy (non-hydrogen) atoms. The van der Waals surface area contributed by atoms with Crippen LogP contribution in [0.5, 0.6) is 0 Å². The minimum Gasteiger partial charge on any atom is -0.327 e. The third kappa shape index (κ3) is 2.91. The van der Waals surface area contributed by atoms with Crippen molar-refractivity contribution >= 4 is 22.6 Å². The number of fused-ring (bicyclic) bond motifs is 1. The average molecular weight is 302 g/mol. The van der Waals surface area contributed by atoms with E-state index >= 15 is 0 Å². The zero-order chi connectivity index (χ0) is 14.8. The summed E-state index contributed by atoms with van der Waals surface area (Å²) in [4.78, 5) is 4.61. The molecule has 0 atom stereocenters. The quantitative estimate of drug-likeness (QED) is 0.785. The molecule has 0 bridgehead atoms. The minimum atomic E-state index is 0.416. The van der Waals surface area contributed by atoms with E-state index in [4.69, 9.17) is 16.9 Å². The van der Waals surface area contributed by atoms with Gasteiger partial charge in [0.15, 0.2) is 0 Å². The van der Waals surface area contributed by atoms with E-state index in [-0.39, 0.29) is 0 Å². The van der Waals surface area contributed by atoms with Gasteiger partial charge in [-0.3, -0.25) is 0 Å². The zero-order valence-corrected chi connectivity index (χ0v) is 13.1. The average Bonchev–Trinajstić information content (AvgIpc) is 2.86. The van der Waals surface area contributed by atoms with E-state index in [2.05, 4.69) is 22.5 Å². The number of hydrogen-bond donors (Lipinski definition) is 0. The Morgan fingerprint density at radius 2 is 2.10 bits per heavy atom. The van der Waals surface area contributed by atoms with Gasteiger partial charge in [0.1, 0.15) is 5.82 Å². The van der Waals surface area contributed by atoms with Gasteiger partial charge in [0.05, 0.1) is 28.5 Å². The first-order valence-corrected chi connectivity index (χ1v) is 8.20. The monoisotopic (exact) mass is 301 g/mol. The normalized spacial score (nSPS) is 22.3. The molecule has 0 unspecified atom stereocenters. The second-order valence-electron chi connectivity index (χ2n) is 6.21. The van der Waals surface area contributed by atoms with Gasteiger partial charge in [-0.25, -0.2) is 4.98 Å². The lowest BCUT2D eigenvalue weighted by Gasteiger charge is -2.27. The predicted octanol–water partition coefficient (Wildman–Crippen LogP) is 4.47. The van der Waals surface area contributed by atoms with E-state index in [9.17, 15) is 0 Å². The number of halogens is 1. The van der Waals surface area contributed by atoms with Crippen molar-refractivity contribution in [2.45, 2.75) is 45.0 Å². The number of hydrogen-bond acceptors (Lipinski definition) is 2. The van der Waals surface area contributed by atoms with E-state index in [0.717, 1.165) is 29.3 Å². The molecule has 0 N–H and O–H groups in total. The fraction of sp³-hybridized carbons (Fsp3) is 0.529. The van der Waals surface area contributed by atoms with Gasteiger partial charge in [-0.1, -0.05) is 19.8 Å². The van der Waals surface area contributed by atoms with E-state index in [1.165, 1.54) is 25.7 Å². The summed E-state index contributed by atoms with van der Waals surface area (Å²) in [5, 5.41) is 9.10. The summed E-state index contributed by atoms with van der Waals surface area (Å²) in [5.41, 5.74) is 2.67. The van der Waals surface area contributed by atoms with E-state index < -0.39 is 0 Å². The van der Waals surface area contributed by atoms with Crippen molar-refractivity contribution in [2.75, 3.05) is 0 Å². The van der Waals surface area contributed by atoms with E-state index in [1.807, 2.05) is 18.2 Å². The Kier molecular flexibility index (Phi) is 4.17. The zero-order valence-electron chi connectivity index (χ0n) is 12.3. The highest BCUT2D eigenvalue weighted by molar-refractivity contribution is 6.16. The Bertz CT molecular complexity index is 675. The van der Waals surface area contributed by atoms with Crippen LogP contribution in [0.3, 0.4) is 0 Å². The second kappa shape index (κ2) is 6.07. The van der Waals surface area contributed by atoms with Crippen molar-refractivity contribution in [1.82, 2.24) is 9.55 Å². The fourth-order valence-electron chi connectivity index (χ4n) is 3.32. The molecule has 0 radical (unpaired) electrons. The van der Waals surface area contributed by atoms with Crippen molar-refractivity contribution < 1.29 is 0 Å². The van der Waals surface area contributed by atoms with Gasteiger partial charge < -0.3 is 4.57 Å². The highest BCUT2D eigenvalue weighted by atomic mass is 35.5. The van der Waals surface area contributed by atoms with Gasteiger partial charge in [-0.05, 0) is 42.9 Å². The standard InChI is InChI=1S/C17H20ClN3/c1-12-2-4-13(5-3-12)11-21-16-8-14(10-19)6-7-15(16)20-17(21)9-18/h6-8,12-13H,2-5,9,11H2,1H3. The van der Waals surface area contributed by atoms with Crippen LogP contribution in [0.25, 0.3) is 11.0 Å². The number of benzene rings is 1. The Balaban J connectivity index is 1.94. The number of alkyl halides is 1. The molecule has 0 amide bonds. The summed E-state index contributed by atoms with van der Waals surface area (Å²) in [6.45, 7) is 3.31. The first-order valence-electron chi connectivity index (χ1n) is 7.66. The van der Waals surface area contributed by atoms with Gasteiger partial charge >= 0.3 is 0 Å². The molecule has 1 heterocycles. The third-order valence-electron chi connectivity index (χ3n) is 4.65. The highest BCUT2D eigenvalue weighted by Gasteiger charge is 2.21. The Morgan fingerprint density at radius 1 is 1.33 bits per heavy atom. The summed E-state index contributed by atoms with van der Waals surface area (Å²) in [7, 11) is 0. The molecule has 110 valence electrons. The molecule has 1 saturated carbocycles. The first kappa shape index (κ1) is 14.4. The van der Waals surface area contributed by atoms with Crippen LogP contribution in [0, 0.1) is 23.2 Å². The predicted molar refractivity (Wildman–Crippen MR) is 85.1 cm³/mol. The van der Waals surface area contributed by atoms with E-state index in [0.29, 0.717) is 17.4 Å². The van der Waals surface area contributed by atoms with Crippen molar-refractivity contribution in [3.05, 3.63) is 29.6 Å². The molecule has 1 fully saturated rings. The lowest BCUT2D eigenvalue weighted by Crippen LogP contribution is -2.18. The summed E-state index contributed by atoms with van der Waals surface area (Å²) >= 11 is 6.07. The molecule has 1 aromatic heterocycles. The van der Waals surface area contributed by atoms with Crippen LogP contribution in [-0.2, 0) is 12.4 Å². The van der Waals surface area contributed by atoms with Crippen molar-refractivity contribution in [2.24, 2.45) is 11.8 Å². The van der Waals surface area contributed by atoms with Crippen LogP contribution in [0.15, 0.2) is 18.2 Å². The molecule has 0 spiro atoms. The van der Waals surface area contributed by atoms with Crippen molar-refractivity contribution in [3.8, 4) is 6.07 Å². The lowest BCUT2D eigenvalue weighted by atomic mass is 9.83. The summed E-state index contributed by atoms with van der Waals surface area (Å²) in [6, 6.07) is 7.88. The third-order valence-corrected chi connectivity index (χ3v) is 4.89. The van der Waals surface area contributed by atoms with Gasteiger partial charge in [0, 0.05) is 6.54 Å². The molecule has 4 heteroatoms. The van der Waals surface area contributed by atoms with Crippen LogP contribution in [0.2, 0.25) is 0 Å². The lowest BCUT2D eigenvalue weighted by molar-refractivity contribution is 0.265. The van der Waals surface area contributed by atoms with Gasteiger partial charge in [-0.2, -0.15) is 5.26 Å². The molecule has 1 aromatic carbocycles. The largest absolute Gasteiger partial charge is 0.327 e. The summed E-state index contributed by atoms with van der Waals surface area (Å²) in [5.74, 6) is 2.89. The molecule has 0 aliphatic heterocycles. The van der Waals surface area contributed by atoms with Gasteiger partial charge in [-0.15, -0.1) is 11.6 Å². The fourth-order valence-corrected chi connectivity index (χ4v) is 3.52. The maximum Gasteiger partial charge on any atom is 0.124 e. The molecular formula is C17H20ClN3. The second-order valence-corrected chi connectivity index (χ2v) is 6.48. The number of aromatic nitrogens is 2. The van der Waals surface area contributed by atoms with Crippen molar-refractivity contribution in [1.29, 1.82) is 5.26 Å². The van der Waals surface area contributed by atoms with Crippen LogP contribution in [0.1, 0.15) is 44.0 Å². The molecule has 3 rings (SSSR count). The first-order chi connectivity index (χ1) is 10.2. The minimum absolute atomic E-state index is 0.416. The maximum atomic E-state index is 9.10. The smallest absolute Gasteiger partial charge is 0.124 e. The van der Waals surface area contributed by atoms with Crippen LogP contribution in [-0.4, -0.2) is 9.55 Å². The van der Waals surface area contributed by atoms with Crippen LogP contribution < -0.4 is 0 Å². The van der Waals surface area contributed by atoms with E-state index in [1.54, 1.807) is 0 Å². The van der Waals surface area contributed by atoms with Gasteiger partial charge in [0.2, 0.25) is 0 Å². The van der Waals surface area contributed by atoms with Crippen molar-refractivity contribution in [3.63, 3.8) is 0 Å². The van der Waals surface area contributed by atoms with Crippen LogP contribution >= 0.6 is 11.6 Å². The van der Waals surface area contributed by atoms with Crippen LogP contribution in [0.4, 0.5) is 0 Å². The molecular weight excluding hydrogens is 282 g/mol. The number of nitriles is 1. The Hall–Kier alpha value is -1.53. The topological polar surface area (TPSA) is 41.6 Å². The maximum absolute atomic E-state index is 9.10. The molecule has 0 saturated heterocycles. The van der Waals surface area contributed by atoms with Gasteiger partial charge in [0.25, 0.3) is 0 Å². The SMILES string of the molecule is CC1CCC(Cn2c(CCl)nc3ccc(C#N)cc32)CC1. The number of imidazole rings is 1. The Labute approximate surface area is 130 Å². The molecule has 2 aromatic rings. The highest BCUT2D eigenvalue weighted by Crippen LogP contribution is 2.31. The molecule has 1 aliphatic carbocycles. The Morgan fingerprint density at radius 3 is 2.76 bits per heavy atom. The number of nitrogens with zero attached hydrogens (tertiary/aromatic N) is 3.